The molecule has 0 heterocycles. The predicted molar refractivity (Wildman–Crippen MR) is 64.2 cm³/mol. The van der Waals surface area contributed by atoms with Crippen molar-refractivity contribution in [2.45, 2.75) is 25.8 Å². The molecule has 15 heavy (non-hydrogen) atoms. The molecule has 2 heteroatoms. The predicted octanol–water partition coefficient (Wildman–Crippen LogP) is 2.41. The summed E-state index contributed by atoms with van der Waals surface area (Å²) in [6.07, 6.45) is 0. The molecular weight excluding hydrogens is 186 g/mol. The highest BCUT2D eigenvalue weighted by atomic mass is 16.5. The lowest BCUT2D eigenvalue weighted by Gasteiger charge is -2.23. The van der Waals surface area contributed by atoms with Gasteiger partial charge in [-0.15, -0.1) is 0 Å². The van der Waals surface area contributed by atoms with E-state index in [1.54, 1.807) is 0 Å². The van der Waals surface area contributed by atoms with E-state index in [0.29, 0.717) is 12.0 Å². The zero-order valence-electron chi connectivity index (χ0n) is 9.86. The van der Waals surface area contributed by atoms with E-state index < -0.39 is 0 Å². The molecule has 0 saturated heterocycles. The molecule has 0 aliphatic carbocycles. The normalized spacial score (nSPS) is 14.9. The molecule has 1 rings (SSSR count). The molecule has 2 nitrogen and oxygen atoms in total. The van der Waals surface area contributed by atoms with Gasteiger partial charge < -0.3 is 10.1 Å². The van der Waals surface area contributed by atoms with Crippen LogP contribution in [-0.2, 0) is 4.74 Å². The number of benzene rings is 1. The third kappa shape index (κ3) is 3.65. The summed E-state index contributed by atoms with van der Waals surface area (Å²) < 4.78 is 5.47. The summed E-state index contributed by atoms with van der Waals surface area (Å²) in [5, 5.41) is 3.31. The monoisotopic (exact) mass is 207 g/mol. The number of hydrogen-bond donors (Lipinski definition) is 1. The Bertz CT molecular complexity index is 260. The maximum atomic E-state index is 5.47. The number of nitrogens with one attached hydrogen (secondary N) is 1. The lowest BCUT2D eigenvalue weighted by molar-refractivity contribution is 0.118. The number of hydrogen-bond acceptors (Lipinski definition) is 2. The zero-order chi connectivity index (χ0) is 11.1. The standard InChI is InChI=1S/C13H21NO/c1-4-15-10-13(14-3)11(2)12-8-6-5-7-9-12/h5-9,11,13-14H,4,10H2,1-3H3. The molecule has 1 aromatic carbocycles. The number of likely N-dealkylation sites (N-methyl/N-ethyl adjacent to an activating group) is 1. The highest BCUT2D eigenvalue weighted by Gasteiger charge is 2.16. The van der Waals surface area contributed by atoms with Crippen molar-refractivity contribution in [3.05, 3.63) is 35.9 Å². The minimum absolute atomic E-state index is 0.382. The summed E-state index contributed by atoms with van der Waals surface area (Å²) in [6, 6.07) is 10.9. The van der Waals surface area contributed by atoms with Crippen LogP contribution in [0.2, 0.25) is 0 Å². The first-order valence-electron chi connectivity index (χ1n) is 5.59. The van der Waals surface area contributed by atoms with Gasteiger partial charge in [-0.05, 0) is 25.5 Å². The molecule has 0 bridgehead atoms. The second kappa shape index (κ2) is 6.59. The van der Waals surface area contributed by atoms with Gasteiger partial charge in [-0.3, -0.25) is 0 Å². The number of rotatable bonds is 6. The number of ether oxygens (including phenoxy) is 1. The van der Waals surface area contributed by atoms with E-state index in [0.717, 1.165) is 13.2 Å². The van der Waals surface area contributed by atoms with Crippen molar-refractivity contribution in [1.82, 2.24) is 5.32 Å². The van der Waals surface area contributed by atoms with Crippen LogP contribution in [0.4, 0.5) is 0 Å². The molecular formula is C13H21NO. The Morgan fingerprint density at radius 1 is 1.27 bits per heavy atom. The molecule has 0 spiro atoms. The second-order valence-electron chi connectivity index (χ2n) is 3.75. The smallest absolute Gasteiger partial charge is 0.0625 e. The summed E-state index contributed by atoms with van der Waals surface area (Å²) in [7, 11) is 1.99. The van der Waals surface area contributed by atoms with Crippen molar-refractivity contribution in [3.63, 3.8) is 0 Å². The van der Waals surface area contributed by atoms with E-state index in [2.05, 4.69) is 36.5 Å². The fourth-order valence-corrected chi connectivity index (χ4v) is 1.71. The van der Waals surface area contributed by atoms with Gasteiger partial charge in [-0.1, -0.05) is 37.3 Å². The van der Waals surface area contributed by atoms with Crippen LogP contribution in [0.15, 0.2) is 30.3 Å². The van der Waals surface area contributed by atoms with Gasteiger partial charge in [-0.2, -0.15) is 0 Å². The molecule has 0 amide bonds. The molecule has 0 aliphatic heterocycles. The SMILES string of the molecule is CCOCC(NC)C(C)c1ccccc1. The van der Waals surface area contributed by atoms with Crippen LogP contribution in [0.25, 0.3) is 0 Å². The zero-order valence-corrected chi connectivity index (χ0v) is 9.86. The minimum atomic E-state index is 0.382. The molecule has 0 saturated carbocycles. The molecule has 0 aliphatic rings. The van der Waals surface area contributed by atoms with Crippen LogP contribution in [0.1, 0.15) is 25.3 Å². The minimum Gasteiger partial charge on any atom is -0.380 e. The van der Waals surface area contributed by atoms with Gasteiger partial charge in [0.15, 0.2) is 0 Å². The molecule has 2 atom stereocenters. The Morgan fingerprint density at radius 2 is 1.93 bits per heavy atom. The van der Waals surface area contributed by atoms with E-state index in [9.17, 15) is 0 Å². The van der Waals surface area contributed by atoms with Crippen molar-refractivity contribution < 1.29 is 4.74 Å². The van der Waals surface area contributed by atoms with Crippen molar-refractivity contribution in [3.8, 4) is 0 Å². The van der Waals surface area contributed by atoms with Crippen molar-refractivity contribution in [1.29, 1.82) is 0 Å². The van der Waals surface area contributed by atoms with Crippen LogP contribution < -0.4 is 5.32 Å². The first-order valence-corrected chi connectivity index (χ1v) is 5.59. The topological polar surface area (TPSA) is 21.3 Å². The second-order valence-corrected chi connectivity index (χ2v) is 3.75. The van der Waals surface area contributed by atoms with Crippen molar-refractivity contribution in [2.24, 2.45) is 0 Å². The molecule has 84 valence electrons. The van der Waals surface area contributed by atoms with Gasteiger partial charge in [0.05, 0.1) is 6.61 Å². The Hall–Kier alpha value is -0.860. The molecule has 2 unspecified atom stereocenters. The van der Waals surface area contributed by atoms with Crippen LogP contribution in [-0.4, -0.2) is 26.3 Å². The lowest BCUT2D eigenvalue weighted by atomic mass is 9.94. The van der Waals surface area contributed by atoms with Gasteiger partial charge in [0, 0.05) is 12.6 Å². The highest BCUT2D eigenvalue weighted by Crippen LogP contribution is 2.18. The Kier molecular flexibility index (Phi) is 5.37. The van der Waals surface area contributed by atoms with E-state index in [-0.39, 0.29) is 0 Å². The summed E-state index contributed by atoms with van der Waals surface area (Å²) in [5.74, 6) is 0.475. The van der Waals surface area contributed by atoms with E-state index in [4.69, 9.17) is 4.74 Å². The molecule has 0 aromatic heterocycles. The van der Waals surface area contributed by atoms with Crippen molar-refractivity contribution in [2.75, 3.05) is 20.3 Å². The van der Waals surface area contributed by atoms with Gasteiger partial charge in [0.2, 0.25) is 0 Å². The molecule has 1 N–H and O–H groups in total. The van der Waals surface area contributed by atoms with E-state index in [1.165, 1.54) is 5.56 Å². The van der Waals surface area contributed by atoms with Crippen LogP contribution in [0.3, 0.4) is 0 Å². The van der Waals surface area contributed by atoms with E-state index >= 15 is 0 Å². The average molecular weight is 207 g/mol. The summed E-state index contributed by atoms with van der Waals surface area (Å²) >= 11 is 0. The quantitative estimate of drug-likeness (QED) is 0.773. The van der Waals surface area contributed by atoms with Gasteiger partial charge in [0.25, 0.3) is 0 Å². The molecule has 0 radical (unpaired) electrons. The Morgan fingerprint density at radius 3 is 2.47 bits per heavy atom. The summed E-state index contributed by atoms with van der Waals surface area (Å²) in [5.41, 5.74) is 1.36. The van der Waals surface area contributed by atoms with E-state index in [1.807, 2.05) is 20.0 Å². The first-order chi connectivity index (χ1) is 7.29. The maximum absolute atomic E-state index is 5.47. The summed E-state index contributed by atoms with van der Waals surface area (Å²) in [4.78, 5) is 0. The Balaban J connectivity index is 2.60. The van der Waals surface area contributed by atoms with Crippen LogP contribution >= 0.6 is 0 Å². The average Bonchev–Trinajstić information content (AvgIpc) is 2.31. The first kappa shape index (κ1) is 12.2. The lowest BCUT2D eigenvalue weighted by Crippen LogP contribution is -2.35. The largest absolute Gasteiger partial charge is 0.380 e. The van der Waals surface area contributed by atoms with Crippen LogP contribution in [0, 0.1) is 0 Å². The highest BCUT2D eigenvalue weighted by molar-refractivity contribution is 5.20. The fourth-order valence-electron chi connectivity index (χ4n) is 1.71. The molecule has 1 aromatic rings. The third-order valence-electron chi connectivity index (χ3n) is 2.80. The van der Waals surface area contributed by atoms with Gasteiger partial charge in [0.1, 0.15) is 0 Å². The van der Waals surface area contributed by atoms with Crippen LogP contribution in [0.5, 0.6) is 0 Å². The maximum Gasteiger partial charge on any atom is 0.0625 e. The summed E-state index contributed by atoms with van der Waals surface area (Å²) in [6.45, 7) is 5.80. The Labute approximate surface area is 92.6 Å². The molecule has 0 fully saturated rings. The van der Waals surface area contributed by atoms with Gasteiger partial charge in [-0.25, -0.2) is 0 Å². The van der Waals surface area contributed by atoms with Gasteiger partial charge >= 0.3 is 0 Å². The van der Waals surface area contributed by atoms with Crippen molar-refractivity contribution >= 4 is 0 Å². The fraction of sp³-hybridized carbons (Fsp3) is 0.538. The third-order valence-corrected chi connectivity index (χ3v) is 2.80.